The maximum absolute atomic E-state index is 3.97. The minimum Gasteiger partial charge on any atom is -0.0911 e. The molecule has 0 spiro atoms. The summed E-state index contributed by atoms with van der Waals surface area (Å²) >= 11 is 0. The highest BCUT2D eigenvalue weighted by Crippen LogP contribution is 2.44. The van der Waals surface area contributed by atoms with E-state index < -0.39 is 0 Å². The number of hydrogen-bond acceptors (Lipinski definition) is 0. The van der Waals surface area contributed by atoms with Crippen LogP contribution in [0, 0.1) is 0 Å². The van der Waals surface area contributed by atoms with Gasteiger partial charge in [-0.15, -0.1) is 0 Å². The van der Waals surface area contributed by atoms with Crippen LogP contribution in [0.2, 0.25) is 0 Å². The quantitative estimate of drug-likeness (QED) is 0.542. The highest BCUT2D eigenvalue weighted by atomic mass is 14.3. The van der Waals surface area contributed by atoms with Crippen LogP contribution in [0.5, 0.6) is 0 Å². The second-order valence-corrected chi connectivity index (χ2v) is 3.23. The fourth-order valence-corrected chi connectivity index (χ4v) is 1.51. The van der Waals surface area contributed by atoms with Crippen molar-refractivity contribution in [3.05, 3.63) is 70.9 Å². The molecule has 12 heavy (non-hydrogen) atoms. The second kappa shape index (κ2) is 1.78. The van der Waals surface area contributed by atoms with Gasteiger partial charge in [0.2, 0.25) is 0 Å². The normalized spacial score (nSPS) is 23.2. The Bertz CT molecular complexity index is 427. The van der Waals surface area contributed by atoms with Gasteiger partial charge in [-0.2, -0.15) is 0 Å². The molecule has 0 radical (unpaired) electrons. The third-order valence-corrected chi connectivity index (χ3v) is 2.34. The van der Waals surface area contributed by atoms with E-state index in [-0.39, 0.29) is 0 Å². The topological polar surface area (TPSA) is 0 Å². The first kappa shape index (κ1) is 6.01. The standard InChI is InChI=1S/C12H8/c1-8-3-2-4-10(8)12-7-11(12)9-5-6-9/h2-7H,1H2. The van der Waals surface area contributed by atoms with Gasteiger partial charge in [0, 0.05) is 0 Å². The lowest BCUT2D eigenvalue weighted by atomic mass is 10.1. The minimum atomic E-state index is 1.14. The van der Waals surface area contributed by atoms with Crippen molar-refractivity contribution >= 4 is 0 Å². The lowest BCUT2D eigenvalue weighted by Gasteiger charge is -1.95. The van der Waals surface area contributed by atoms with Crippen LogP contribution in [-0.4, -0.2) is 0 Å². The Kier molecular flexibility index (Phi) is 0.891. The molecule has 0 heteroatoms. The summed E-state index contributed by atoms with van der Waals surface area (Å²) < 4.78 is 0. The van der Waals surface area contributed by atoms with Gasteiger partial charge < -0.3 is 0 Å². The molecule has 3 aliphatic rings. The van der Waals surface area contributed by atoms with E-state index in [0.717, 1.165) is 5.57 Å². The first-order valence-corrected chi connectivity index (χ1v) is 4.09. The Labute approximate surface area is 71.6 Å². The Morgan fingerprint density at radius 1 is 1.00 bits per heavy atom. The summed E-state index contributed by atoms with van der Waals surface area (Å²) in [4.78, 5) is 0. The third-order valence-electron chi connectivity index (χ3n) is 2.34. The predicted molar refractivity (Wildman–Crippen MR) is 50.6 cm³/mol. The molecule has 0 aromatic rings. The highest BCUT2D eigenvalue weighted by Gasteiger charge is 2.26. The van der Waals surface area contributed by atoms with Crippen LogP contribution in [-0.2, 0) is 0 Å². The summed E-state index contributed by atoms with van der Waals surface area (Å²) in [5.74, 6) is 0. The molecule has 0 atom stereocenters. The van der Waals surface area contributed by atoms with E-state index >= 15 is 0 Å². The number of rotatable bonds is 1. The molecule has 0 N–H and O–H groups in total. The van der Waals surface area contributed by atoms with Gasteiger partial charge in [-0.05, 0) is 33.9 Å². The molecule has 0 aliphatic heterocycles. The summed E-state index contributed by atoms with van der Waals surface area (Å²) in [5.41, 5.74) is 6.62. The van der Waals surface area contributed by atoms with E-state index in [2.05, 4.69) is 43.0 Å². The zero-order chi connectivity index (χ0) is 8.13. The van der Waals surface area contributed by atoms with Gasteiger partial charge >= 0.3 is 0 Å². The lowest BCUT2D eigenvalue weighted by molar-refractivity contribution is 1.59. The van der Waals surface area contributed by atoms with E-state index in [1.807, 2.05) is 0 Å². The summed E-state index contributed by atoms with van der Waals surface area (Å²) in [6.45, 7) is 3.97. The molecule has 0 fully saturated rings. The van der Waals surface area contributed by atoms with Gasteiger partial charge in [0.15, 0.2) is 0 Å². The summed E-state index contributed by atoms with van der Waals surface area (Å²) in [5, 5.41) is 0. The first-order chi connectivity index (χ1) is 5.86. The monoisotopic (exact) mass is 152 g/mol. The Hall–Kier alpha value is -1.56. The smallest absolute Gasteiger partial charge is 0.00930 e. The van der Waals surface area contributed by atoms with E-state index in [1.165, 1.54) is 22.3 Å². The Balaban J connectivity index is 1.90. The molecule has 0 aromatic carbocycles. The molecule has 0 amide bonds. The fraction of sp³-hybridized carbons (Fsp3) is 0. The van der Waals surface area contributed by atoms with E-state index in [1.54, 1.807) is 0 Å². The Morgan fingerprint density at radius 2 is 1.83 bits per heavy atom. The first-order valence-electron chi connectivity index (χ1n) is 4.09. The summed E-state index contributed by atoms with van der Waals surface area (Å²) in [6.07, 6.45) is 12.7. The number of hydrogen-bond donors (Lipinski definition) is 0. The molecule has 56 valence electrons. The SMILES string of the molecule is C=C1C=CC=C1C1=CC1=C1C=C1. The Morgan fingerprint density at radius 3 is 2.42 bits per heavy atom. The van der Waals surface area contributed by atoms with Gasteiger partial charge in [-0.25, -0.2) is 0 Å². The van der Waals surface area contributed by atoms with Crippen molar-refractivity contribution in [3.8, 4) is 0 Å². The largest absolute Gasteiger partial charge is 0.0911 e. The van der Waals surface area contributed by atoms with Crippen LogP contribution in [0.25, 0.3) is 0 Å². The second-order valence-electron chi connectivity index (χ2n) is 3.23. The van der Waals surface area contributed by atoms with Crippen molar-refractivity contribution in [1.29, 1.82) is 0 Å². The molecule has 0 saturated carbocycles. The van der Waals surface area contributed by atoms with Crippen LogP contribution in [0.3, 0.4) is 0 Å². The molecule has 0 saturated heterocycles. The van der Waals surface area contributed by atoms with Crippen molar-refractivity contribution in [2.24, 2.45) is 0 Å². The highest BCUT2D eigenvalue weighted by molar-refractivity contribution is 5.80. The molecule has 3 rings (SSSR count). The van der Waals surface area contributed by atoms with Gasteiger partial charge in [0.25, 0.3) is 0 Å². The van der Waals surface area contributed by atoms with E-state index in [0.29, 0.717) is 0 Å². The van der Waals surface area contributed by atoms with Crippen molar-refractivity contribution in [1.82, 2.24) is 0 Å². The third kappa shape index (κ3) is 0.722. The maximum Gasteiger partial charge on any atom is -0.00930 e. The van der Waals surface area contributed by atoms with Crippen LogP contribution >= 0.6 is 0 Å². The molecular weight excluding hydrogens is 144 g/mol. The molecule has 0 nitrogen and oxygen atoms in total. The molecule has 0 unspecified atom stereocenters. The van der Waals surface area contributed by atoms with Gasteiger partial charge in [-0.3, -0.25) is 0 Å². The zero-order valence-electron chi connectivity index (χ0n) is 6.67. The molecule has 3 aliphatic carbocycles. The zero-order valence-corrected chi connectivity index (χ0v) is 6.67. The van der Waals surface area contributed by atoms with Crippen molar-refractivity contribution in [2.45, 2.75) is 0 Å². The average Bonchev–Trinajstić information content (AvgIpc) is 2.93. The van der Waals surface area contributed by atoms with Gasteiger partial charge in [0.1, 0.15) is 0 Å². The van der Waals surface area contributed by atoms with Crippen LogP contribution in [0.1, 0.15) is 0 Å². The van der Waals surface area contributed by atoms with Crippen molar-refractivity contribution in [2.75, 3.05) is 0 Å². The van der Waals surface area contributed by atoms with Crippen LogP contribution in [0.4, 0.5) is 0 Å². The minimum absolute atomic E-state index is 1.14. The van der Waals surface area contributed by atoms with E-state index in [9.17, 15) is 0 Å². The van der Waals surface area contributed by atoms with Gasteiger partial charge in [0.05, 0.1) is 0 Å². The molecule has 0 aromatic heterocycles. The van der Waals surface area contributed by atoms with Crippen molar-refractivity contribution < 1.29 is 0 Å². The molecule has 0 bridgehead atoms. The van der Waals surface area contributed by atoms with Crippen molar-refractivity contribution in [3.63, 3.8) is 0 Å². The predicted octanol–water partition coefficient (Wildman–Crippen LogP) is 2.85. The molecular formula is C12H8. The maximum atomic E-state index is 3.97. The lowest BCUT2D eigenvalue weighted by Crippen LogP contribution is -1.77. The summed E-state index contributed by atoms with van der Waals surface area (Å²) in [7, 11) is 0. The van der Waals surface area contributed by atoms with Gasteiger partial charge in [-0.1, -0.05) is 37.0 Å². The summed E-state index contributed by atoms with van der Waals surface area (Å²) in [6, 6.07) is 0. The fourth-order valence-electron chi connectivity index (χ4n) is 1.51. The number of allylic oxidation sites excluding steroid dienone is 11. The van der Waals surface area contributed by atoms with E-state index in [4.69, 9.17) is 0 Å². The molecule has 0 heterocycles. The van der Waals surface area contributed by atoms with Crippen LogP contribution in [0.15, 0.2) is 70.9 Å². The van der Waals surface area contributed by atoms with Crippen LogP contribution < -0.4 is 0 Å². The average molecular weight is 152 g/mol.